The zero-order valence-corrected chi connectivity index (χ0v) is 16.8. The summed E-state index contributed by atoms with van der Waals surface area (Å²) in [4.78, 5) is 34.2. The monoisotopic (exact) mass is 555 g/mol. The predicted octanol–water partition coefficient (Wildman–Crippen LogP) is 4.35. The molecule has 0 aliphatic carbocycles. The van der Waals surface area contributed by atoms with Crippen LogP contribution in [0.2, 0.25) is 0 Å². The lowest BCUT2D eigenvalue weighted by atomic mass is 10.1. The Morgan fingerprint density at radius 2 is 1.18 bits per heavy atom. The summed E-state index contributed by atoms with van der Waals surface area (Å²) >= 11 is -1.28. The first-order valence-corrected chi connectivity index (χ1v) is 9.17. The number of nitrogens with one attached hydrogen (secondary N) is 1. The number of carbonyl (C=O) groups is 3. The van der Waals surface area contributed by atoms with Crippen molar-refractivity contribution in [3.05, 3.63) is 0 Å². The summed E-state index contributed by atoms with van der Waals surface area (Å²) in [6.45, 7) is 0.637. The van der Waals surface area contributed by atoms with Crippen molar-refractivity contribution in [2.24, 2.45) is 0 Å². The number of amides is 1. The van der Waals surface area contributed by atoms with Crippen molar-refractivity contribution in [3.63, 3.8) is 0 Å². The second kappa shape index (κ2) is 10.3. The van der Waals surface area contributed by atoms with Gasteiger partial charge in [0.25, 0.3) is 11.0 Å². The zero-order chi connectivity index (χ0) is 27.6. The van der Waals surface area contributed by atoms with E-state index < -0.39 is 83.2 Å². The van der Waals surface area contributed by atoms with E-state index in [9.17, 15) is 75.8 Å². The van der Waals surface area contributed by atoms with Crippen LogP contribution in [-0.2, 0) is 19.1 Å². The van der Waals surface area contributed by atoms with Crippen molar-refractivity contribution in [3.8, 4) is 0 Å². The molecule has 5 nitrogen and oxygen atoms in total. The smallest absolute Gasteiger partial charge is 0.460 e. The fourth-order valence-electron chi connectivity index (χ4n) is 1.60. The van der Waals surface area contributed by atoms with Crippen LogP contribution >= 0.6 is 11.8 Å². The molecule has 200 valence electrons. The standard InChI is InChI=1S/C14H11F14NO4S/c1-2-3-33-6(30)5(29-7(31)9(15,16)11(19,20)13(23,24)25)4-34-8(32)10(17,18)12(21,22)14(26,27)28/h5H,2-4H2,1H3,(H,29,31)/t5-/m0/s1. The van der Waals surface area contributed by atoms with Crippen molar-refractivity contribution in [1.29, 1.82) is 0 Å². The largest absolute Gasteiger partial charge is 0.464 e. The Morgan fingerprint density at radius 1 is 0.765 bits per heavy atom. The van der Waals surface area contributed by atoms with Crippen molar-refractivity contribution >= 4 is 28.8 Å². The van der Waals surface area contributed by atoms with Crippen LogP contribution in [-0.4, -0.2) is 71.4 Å². The average Bonchev–Trinajstić information content (AvgIpc) is 2.66. The van der Waals surface area contributed by atoms with Crippen LogP contribution in [0, 0.1) is 0 Å². The van der Waals surface area contributed by atoms with E-state index in [1.165, 1.54) is 6.92 Å². The fourth-order valence-corrected chi connectivity index (χ4v) is 2.44. The number of ether oxygens (including phenoxy) is 1. The van der Waals surface area contributed by atoms with Gasteiger partial charge < -0.3 is 10.1 Å². The Kier molecular flexibility index (Phi) is 9.69. The van der Waals surface area contributed by atoms with Gasteiger partial charge in [-0.3, -0.25) is 9.59 Å². The quantitative estimate of drug-likeness (QED) is 0.321. The molecule has 0 heterocycles. The molecule has 0 saturated carbocycles. The minimum absolute atomic E-state index is 0.0728. The molecule has 1 amide bonds. The highest BCUT2D eigenvalue weighted by Crippen LogP contribution is 2.49. The van der Waals surface area contributed by atoms with Crippen molar-refractivity contribution in [2.45, 2.75) is 55.4 Å². The second-order valence-electron chi connectivity index (χ2n) is 6.09. The minimum atomic E-state index is -7.04. The molecule has 0 aliphatic heterocycles. The van der Waals surface area contributed by atoms with E-state index in [0.717, 1.165) is 0 Å². The third kappa shape index (κ3) is 6.35. The Labute approximate surface area is 183 Å². The van der Waals surface area contributed by atoms with Crippen LogP contribution in [0.3, 0.4) is 0 Å². The molecule has 0 fully saturated rings. The van der Waals surface area contributed by atoms with Gasteiger partial charge in [-0.05, 0) is 6.42 Å². The summed E-state index contributed by atoms with van der Waals surface area (Å²) < 4.78 is 182. The van der Waals surface area contributed by atoms with E-state index in [1.807, 2.05) is 0 Å². The van der Waals surface area contributed by atoms with Gasteiger partial charge in [0.2, 0.25) is 0 Å². The van der Waals surface area contributed by atoms with E-state index in [-0.39, 0.29) is 6.42 Å². The first kappa shape index (κ1) is 32.0. The van der Waals surface area contributed by atoms with Gasteiger partial charge in [-0.2, -0.15) is 61.5 Å². The molecule has 0 bridgehead atoms. The van der Waals surface area contributed by atoms with Crippen molar-refractivity contribution < 1.29 is 80.6 Å². The molecule has 0 aromatic rings. The van der Waals surface area contributed by atoms with Crippen LogP contribution in [0.4, 0.5) is 61.5 Å². The number of halogens is 14. The van der Waals surface area contributed by atoms with Gasteiger partial charge in [-0.15, -0.1) is 0 Å². The predicted molar refractivity (Wildman–Crippen MR) is 82.5 cm³/mol. The lowest BCUT2D eigenvalue weighted by molar-refractivity contribution is -0.344. The third-order valence-electron chi connectivity index (χ3n) is 3.46. The van der Waals surface area contributed by atoms with Gasteiger partial charge in [-0.1, -0.05) is 18.7 Å². The Hall–Kier alpha value is -2.02. The van der Waals surface area contributed by atoms with Gasteiger partial charge in [0.05, 0.1) is 6.61 Å². The SMILES string of the molecule is CCCOC(=O)[C@H](CSC(=O)C(F)(F)C(F)(F)C(F)(F)F)NC(=O)C(F)(F)C(F)(F)C(F)(F)F. The minimum Gasteiger partial charge on any atom is -0.464 e. The molecule has 20 heteroatoms. The Balaban J connectivity index is 5.84. The number of carbonyl (C=O) groups excluding carboxylic acids is 3. The highest BCUT2D eigenvalue weighted by atomic mass is 32.2. The molecule has 1 atom stereocenters. The molecule has 0 saturated heterocycles. The van der Waals surface area contributed by atoms with Crippen LogP contribution in [0.25, 0.3) is 0 Å². The number of esters is 1. The third-order valence-corrected chi connectivity index (χ3v) is 4.48. The average molecular weight is 555 g/mol. The lowest BCUT2D eigenvalue weighted by Gasteiger charge is -2.29. The summed E-state index contributed by atoms with van der Waals surface area (Å²) in [6, 6.07) is -2.93. The molecule has 0 spiro atoms. The summed E-state index contributed by atoms with van der Waals surface area (Å²) in [6.07, 6.45) is -14.1. The van der Waals surface area contributed by atoms with Gasteiger partial charge in [0, 0.05) is 5.75 Å². The molecule has 0 aromatic carbocycles. The molecular weight excluding hydrogens is 544 g/mol. The molecule has 34 heavy (non-hydrogen) atoms. The zero-order valence-electron chi connectivity index (χ0n) is 16.0. The molecule has 0 rings (SSSR count). The van der Waals surface area contributed by atoms with E-state index in [1.54, 1.807) is 0 Å². The topological polar surface area (TPSA) is 72.5 Å². The van der Waals surface area contributed by atoms with Crippen molar-refractivity contribution in [2.75, 3.05) is 12.4 Å². The van der Waals surface area contributed by atoms with Gasteiger partial charge in [-0.25, -0.2) is 4.79 Å². The van der Waals surface area contributed by atoms with E-state index in [2.05, 4.69) is 4.74 Å². The summed E-state index contributed by atoms with van der Waals surface area (Å²) in [5, 5.41) is -2.77. The first-order valence-electron chi connectivity index (χ1n) is 8.19. The number of rotatable bonds is 10. The van der Waals surface area contributed by atoms with Gasteiger partial charge >= 0.3 is 42.0 Å². The van der Waals surface area contributed by atoms with Crippen LogP contribution < -0.4 is 5.32 Å². The number of hydrogen-bond donors (Lipinski definition) is 1. The summed E-state index contributed by atoms with van der Waals surface area (Å²) in [5.74, 6) is -34.6. The van der Waals surface area contributed by atoms with E-state index >= 15 is 0 Å². The first-order chi connectivity index (χ1) is 14.9. The summed E-state index contributed by atoms with van der Waals surface area (Å²) in [5.41, 5.74) is 0. The van der Waals surface area contributed by atoms with E-state index in [0.29, 0.717) is 5.32 Å². The summed E-state index contributed by atoms with van der Waals surface area (Å²) in [7, 11) is 0. The lowest BCUT2D eigenvalue weighted by Crippen LogP contribution is -2.61. The van der Waals surface area contributed by atoms with Gasteiger partial charge in [0.1, 0.15) is 6.04 Å². The number of thioether (sulfide) groups is 1. The molecule has 0 aromatic heterocycles. The van der Waals surface area contributed by atoms with Crippen LogP contribution in [0.1, 0.15) is 13.3 Å². The molecule has 0 aliphatic rings. The maximum atomic E-state index is 13.4. The Morgan fingerprint density at radius 3 is 1.56 bits per heavy atom. The van der Waals surface area contributed by atoms with Crippen LogP contribution in [0.5, 0.6) is 0 Å². The van der Waals surface area contributed by atoms with E-state index in [4.69, 9.17) is 0 Å². The highest BCUT2D eigenvalue weighted by molar-refractivity contribution is 8.13. The molecule has 0 radical (unpaired) electrons. The molecule has 1 N–H and O–H groups in total. The Bertz CT molecular complexity index is 764. The number of hydrogen-bond acceptors (Lipinski definition) is 5. The van der Waals surface area contributed by atoms with Crippen LogP contribution in [0.15, 0.2) is 0 Å². The van der Waals surface area contributed by atoms with Gasteiger partial charge in [0.15, 0.2) is 0 Å². The van der Waals surface area contributed by atoms with Crippen molar-refractivity contribution in [1.82, 2.24) is 5.32 Å². The molecule has 0 unspecified atom stereocenters. The fraction of sp³-hybridized carbons (Fsp3) is 0.786. The second-order valence-corrected chi connectivity index (χ2v) is 7.08. The highest BCUT2D eigenvalue weighted by Gasteiger charge is 2.77. The molecular formula is C14H11F14NO4S. The maximum absolute atomic E-state index is 13.4. The normalized spacial score (nSPS) is 15.0. The number of alkyl halides is 14. The maximum Gasteiger partial charge on any atom is 0.460 e.